The molecule has 3 amide bonds. The first-order valence-electron chi connectivity index (χ1n) is 9.91. The van der Waals surface area contributed by atoms with Gasteiger partial charge in [0.2, 0.25) is 0 Å². The molecule has 4 rings (SSSR count). The highest BCUT2D eigenvalue weighted by atomic mass is 16.2. The maximum Gasteiger partial charge on any atom is 0.321 e. The summed E-state index contributed by atoms with van der Waals surface area (Å²) < 4.78 is 0. The molecule has 2 aromatic carbocycles. The van der Waals surface area contributed by atoms with Gasteiger partial charge in [-0.3, -0.25) is 20.0 Å². The molecule has 0 radical (unpaired) electrons. The van der Waals surface area contributed by atoms with Gasteiger partial charge in [0.05, 0.1) is 5.52 Å². The number of rotatable bonds is 4. The summed E-state index contributed by atoms with van der Waals surface area (Å²) in [6.45, 7) is 2.66. The van der Waals surface area contributed by atoms with Crippen LogP contribution in [0.1, 0.15) is 28.8 Å². The summed E-state index contributed by atoms with van der Waals surface area (Å²) in [6.07, 6.45) is 3.58. The van der Waals surface area contributed by atoms with Crippen molar-refractivity contribution in [1.82, 2.24) is 20.5 Å². The van der Waals surface area contributed by atoms with Crippen LogP contribution in [-0.2, 0) is 6.54 Å². The van der Waals surface area contributed by atoms with Crippen molar-refractivity contribution in [2.45, 2.75) is 25.4 Å². The number of carbonyl (C=O) groups is 2. The Morgan fingerprint density at radius 2 is 1.69 bits per heavy atom. The largest absolute Gasteiger partial charge is 0.335 e. The van der Waals surface area contributed by atoms with Crippen molar-refractivity contribution in [3.05, 3.63) is 78.0 Å². The third-order valence-corrected chi connectivity index (χ3v) is 5.32. The normalized spacial score (nSPS) is 15.2. The van der Waals surface area contributed by atoms with Crippen LogP contribution in [0.15, 0.2) is 66.9 Å². The zero-order valence-corrected chi connectivity index (χ0v) is 16.2. The van der Waals surface area contributed by atoms with E-state index < -0.39 is 6.03 Å². The monoisotopic (exact) mass is 388 g/mol. The Morgan fingerprint density at radius 3 is 2.48 bits per heavy atom. The number of pyridine rings is 1. The number of hydrogen-bond acceptors (Lipinski definition) is 4. The van der Waals surface area contributed by atoms with Gasteiger partial charge in [-0.1, -0.05) is 36.4 Å². The molecule has 29 heavy (non-hydrogen) atoms. The molecule has 2 heterocycles. The second-order valence-electron chi connectivity index (χ2n) is 7.33. The lowest BCUT2D eigenvalue weighted by molar-refractivity contribution is 0.0962. The number of imide groups is 1. The predicted molar refractivity (Wildman–Crippen MR) is 112 cm³/mol. The number of likely N-dealkylation sites (tertiary alicyclic amines) is 1. The van der Waals surface area contributed by atoms with E-state index in [2.05, 4.69) is 32.7 Å². The number of amides is 3. The van der Waals surface area contributed by atoms with Gasteiger partial charge >= 0.3 is 6.03 Å². The maximum absolute atomic E-state index is 12.2. The molecule has 0 spiro atoms. The summed E-state index contributed by atoms with van der Waals surface area (Å²) in [7, 11) is 0. The molecule has 6 nitrogen and oxygen atoms in total. The van der Waals surface area contributed by atoms with Crippen LogP contribution in [0.4, 0.5) is 4.79 Å². The van der Waals surface area contributed by atoms with Crippen LogP contribution in [-0.4, -0.2) is 41.0 Å². The van der Waals surface area contributed by atoms with E-state index in [9.17, 15) is 9.59 Å². The van der Waals surface area contributed by atoms with E-state index in [1.165, 1.54) is 10.9 Å². The second kappa shape index (κ2) is 8.84. The van der Waals surface area contributed by atoms with Crippen molar-refractivity contribution in [3.8, 4) is 0 Å². The Morgan fingerprint density at radius 1 is 0.966 bits per heavy atom. The highest BCUT2D eigenvalue weighted by molar-refractivity contribution is 6.04. The highest BCUT2D eigenvalue weighted by Gasteiger charge is 2.22. The van der Waals surface area contributed by atoms with Crippen molar-refractivity contribution in [1.29, 1.82) is 0 Å². The lowest BCUT2D eigenvalue weighted by Gasteiger charge is -2.32. The highest BCUT2D eigenvalue weighted by Crippen LogP contribution is 2.20. The topological polar surface area (TPSA) is 74.3 Å². The number of hydrogen-bond donors (Lipinski definition) is 2. The van der Waals surface area contributed by atoms with Crippen molar-refractivity contribution in [2.24, 2.45) is 0 Å². The molecule has 0 saturated carbocycles. The van der Waals surface area contributed by atoms with Gasteiger partial charge in [0.25, 0.3) is 5.91 Å². The molecule has 0 atom stereocenters. The van der Waals surface area contributed by atoms with Gasteiger partial charge < -0.3 is 5.32 Å². The lowest BCUT2D eigenvalue weighted by Crippen LogP contribution is -2.49. The van der Waals surface area contributed by atoms with Crippen LogP contribution >= 0.6 is 0 Å². The molecule has 2 N–H and O–H groups in total. The summed E-state index contributed by atoms with van der Waals surface area (Å²) in [6, 6.07) is 18.7. The third-order valence-electron chi connectivity index (χ3n) is 5.32. The molecule has 0 bridgehead atoms. The number of para-hydroxylation sites is 1. The Kier molecular flexibility index (Phi) is 5.81. The van der Waals surface area contributed by atoms with Crippen LogP contribution in [0.3, 0.4) is 0 Å². The van der Waals surface area contributed by atoms with Crippen LogP contribution in [0.2, 0.25) is 0 Å². The van der Waals surface area contributed by atoms with E-state index >= 15 is 0 Å². The Labute approximate surface area is 169 Å². The van der Waals surface area contributed by atoms with Crippen LogP contribution in [0.25, 0.3) is 10.9 Å². The van der Waals surface area contributed by atoms with Crippen LogP contribution < -0.4 is 10.6 Å². The summed E-state index contributed by atoms with van der Waals surface area (Å²) >= 11 is 0. The molecule has 3 aromatic rings. The van der Waals surface area contributed by atoms with E-state index in [0.29, 0.717) is 5.56 Å². The van der Waals surface area contributed by atoms with E-state index in [4.69, 9.17) is 0 Å². The van der Waals surface area contributed by atoms with Crippen molar-refractivity contribution in [2.75, 3.05) is 13.1 Å². The summed E-state index contributed by atoms with van der Waals surface area (Å²) in [5.74, 6) is -0.384. The fraction of sp³-hybridized carbons (Fsp3) is 0.261. The van der Waals surface area contributed by atoms with Crippen molar-refractivity contribution >= 4 is 22.8 Å². The number of piperidine rings is 1. The van der Waals surface area contributed by atoms with Crippen LogP contribution in [0, 0.1) is 0 Å². The summed E-state index contributed by atoms with van der Waals surface area (Å²) in [4.78, 5) is 31.0. The number of urea groups is 1. The van der Waals surface area contributed by atoms with Gasteiger partial charge in [0, 0.05) is 42.8 Å². The average molecular weight is 388 g/mol. The Balaban J connectivity index is 1.27. The van der Waals surface area contributed by atoms with Crippen molar-refractivity contribution in [3.63, 3.8) is 0 Å². The SMILES string of the molecule is O=C(NC(=O)c1ccccc1)NC1CCN(Cc2ccnc3ccccc23)CC1. The molecule has 1 aromatic heterocycles. The van der Waals surface area contributed by atoms with Gasteiger partial charge in [0.15, 0.2) is 0 Å². The van der Waals surface area contributed by atoms with Gasteiger partial charge in [-0.2, -0.15) is 0 Å². The molecule has 1 aliphatic heterocycles. The number of carbonyl (C=O) groups excluding carboxylic acids is 2. The molecule has 0 unspecified atom stereocenters. The standard InChI is InChI=1S/C23H24N4O2/c28-22(17-6-2-1-3-7-17)26-23(29)25-19-11-14-27(15-12-19)16-18-10-13-24-21-9-5-4-8-20(18)21/h1-10,13,19H,11-12,14-16H2,(H2,25,26,28,29). The number of nitrogens with one attached hydrogen (secondary N) is 2. The lowest BCUT2D eigenvalue weighted by atomic mass is 10.0. The molecule has 1 saturated heterocycles. The maximum atomic E-state index is 12.2. The van der Waals surface area contributed by atoms with E-state index in [1.54, 1.807) is 24.3 Å². The Hall–Kier alpha value is -3.25. The third kappa shape index (κ3) is 4.78. The number of nitrogens with zero attached hydrogens (tertiary/aromatic N) is 2. The van der Waals surface area contributed by atoms with Gasteiger partial charge in [-0.15, -0.1) is 0 Å². The second-order valence-corrected chi connectivity index (χ2v) is 7.33. The van der Waals surface area contributed by atoms with Gasteiger partial charge in [0.1, 0.15) is 0 Å². The fourth-order valence-electron chi connectivity index (χ4n) is 3.76. The first-order chi connectivity index (χ1) is 14.2. The molecule has 148 valence electrons. The van der Waals surface area contributed by atoms with E-state index in [1.807, 2.05) is 30.5 Å². The number of fused-ring (bicyclic) bond motifs is 1. The summed E-state index contributed by atoms with van der Waals surface area (Å²) in [5, 5.41) is 6.52. The van der Waals surface area contributed by atoms with Crippen molar-refractivity contribution < 1.29 is 9.59 Å². The molecule has 6 heteroatoms. The van der Waals surface area contributed by atoms with E-state index in [0.717, 1.165) is 38.0 Å². The van der Waals surface area contributed by atoms with Gasteiger partial charge in [-0.25, -0.2) is 4.79 Å². The zero-order chi connectivity index (χ0) is 20.1. The molecule has 1 aliphatic rings. The minimum absolute atomic E-state index is 0.0732. The quantitative estimate of drug-likeness (QED) is 0.719. The Bertz CT molecular complexity index is 993. The first-order valence-corrected chi connectivity index (χ1v) is 9.91. The predicted octanol–water partition coefficient (Wildman–Crippen LogP) is 3.34. The molecular weight excluding hydrogens is 364 g/mol. The minimum atomic E-state index is -0.433. The average Bonchev–Trinajstić information content (AvgIpc) is 2.76. The first kappa shape index (κ1) is 19.1. The smallest absolute Gasteiger partial charge is 0.321 e. The van der Waals surface area contributed by atoms with E-state index in [-0.39, 0.29) is 11.9 Å². The zero-order valence-electron chi connectivity index (χ0n) is 16.2. The summed E-state index contributed by atoms with van der Waals surface area (Å²) in [5.41, 5.74) is 2.76. The fourth-order valence-corrected chi connectivity index (χ4v) is 3.76. The van der Waals surface area contributed by atoms with Gasteiger partial charge in [-0.05, 0) is 42.7 Å². The minimum Gasteiger partial charge on any atom is -0.335 e. The molecular formula is C23H24N4O2. The molecule has 1 fully saturated rings. The van der Waals surface area contributed by atoms with Crippen LogP contribution in [0.5, 0.6) is 0 Å². The number of benzene rings is 2. The molecule has 0 aliphatic carbocycles. The number of aromatic nitrogens is 1.